The zero-order chi connectivity index (χ0) is 36.6. The molecule has 8 aromatic rings. The first kappa shape index (κ1) is 24.7. The number of hydrogen-bond donors (Lipinski definition) is 0. The van der Waals surface area contributed by atoms with Gasteiger partial charge in [-0.15, -0.1) is 0 Å². The van der Waals surface area contributed by atoms with E-state index >= 15 is 0 Å². The highest BCUT2D eigenvalue weighted by Crippen LogP contribution is 2.63. The van der Waals surface area contributed by atoms with E-state index in [0.29, 0.717) is 5.56 Å². The van der Waals surface area contributed by atoms with Gasteiger partial charge in [0, 0.05) is 16.9 Å². The summed E-state index contributed by atoms with van der Waals surface area (Å²) in [6.45, 7) is 0. The van der Waals surface area contributed by atoms with Crippen LogP contribution in [0.25, 0.3) is 44.5 Å². The molecule has 50 heavy (non-hydrogen) atoms. The van der Waals surface area contributed by atoms with Crippen molar-refractivity contribution in [3.05, 3.63) is 222 Å². The summed E-state index contributed by atoms with van der Waals surface area (Å²) >= 11 is 0. The number of anilines is 3. The number of nitrogens with zero attached hydrogens (tertiary/aromatic N) is 1. The van der Waals surface area contributed by atoms with Crippen molar-refractivity contribution in [3.63, 3.8) is 0 Å². The molecule has 1 spiro atoms. The van der Waals surface area contributed by atoms with E-state index in [1.807, 2.05) is 71.6 Å². The average molecular weight is 640 g/mol. The Morgan fingerprint density at radius 3 is 1.38 bits per heavy atom. The van der Waals surface area contributed by atoms with Crippen molar-refractivity contribution in [1.82, 2.24) is 0 Å². The fraction of sp³-hybridized carbons (Fsp3) is 0.0204. The van der Waals surface area contributed by atoms with Gasteiger partial charge in [-0.3, -0.25) is 0 Å². The van der Waals surface area contributed by atoms with E-state index in [0.717, 1.165) is 33.6 Å². The fourth-order valence-corrected chi connectivity index (χ4v) is 8.31. The summed E-state index contributed by atoms with van der Waals surface area (Å²) in [7, 11) is 0. The van der Waals surface area contributed by atoms with Gasteiger partial charge in [-0.25, -0.2) is 0 Å². The van der Waals surface area contributed by atoms with E-state index in [4.69, 9.17) is 0 Å². The molecule has 2 aliphatic rings. The molecule has 1 nitrogen and oxygen atoms in total. The van der Waals surface area contributed by atoms with E-state index < -0.39 is 5.41 Å². The summed E-state index contributed by atoms with van der Waals surface area (Å²) in [6.07, 6.45) is 0. The molecular weight excluding hydrogens is 603 g/mol. The highest BCUT2D eigenvalue weighted by molar-refractivity contribution is 5.97. The van der Waals surface area contributed by atoms with Crippen LogP contribution in [-0.2, 0) is 5.41 Å². The summed E-state index contributed by atoms with van der Waals surface area (Å²) in [5.41, 5.74) is 13.5. The number of fused-ring (bicyclic) bond motifs is 10. The minimum atomic E-state index is -0.592. The van der Waals surface area contributed by atoms with Crippen molar-refractivity contribution in [1.29, 1.82) is 0 Å². The summed E-state index contributed by atoms with van der Waals surface area (Å²) in [5, 5.41) is 0. The maximum Gasteiger partial charge on any atom is 0.0726 e. The summed E-state index contributed by atoms with van der Waals surface area (Å²) < 4.78 is 37.9. The average Bonchev–Trinajstić information content (AvgIpc) is 3.70. The van der Waals surface area contributed by atoms with Gasteiger partial charge in [-0.05, 0) is 91.5 Å². The molecule has 8 aromatic carbocycles. The second-order valence-electron chi connectivity index (χ2n) is 12.9. The van der Waals surface area contributed by atoms with Crippen LogP contribution in [0.4, 0.5) is 17.1 Å². The van der Waals surface area contributed by atoms with Crippen LogP contribution in [0.3, 0.4) is 0 Å². The van der Waals surface area contributed by atoms with Gasteiger partial charge in [0.05, 0.1) is 16.6 Å². The first-order chi connectivity index (χ1) is 26.5. The first-order valence-corrected chi connectivity index (χ1v) is 17.0. The smallest absolute Gasteiger partial charge is 0.0726 e. The van der Waals surface area contributed by atoms with Gasteiger partial charge in [-0.1, -0.05) is 170 Å². The Bertz CT molecular complexity index is 2680. The van der Waals surface area contributed by atoms with Gasteiger partial charge in [0.25, 0.3) is 0 Å². The van der Waals surface area contributed by atoms with E-state index in [-0.39, 0.29) is 35.4 Å². The largest absolute Gasteiger partial charge is 0.310 e. The minimum Gasteiger partial charge on any atom is -0.310 e. The summed E-state index contributed by atoms with van der Waals surface area (Å²) in [6, 6.07) is 59.6. The van der Waals surface area contributed by atoms with Crippen LogP contribution in [0.1, 0.15) is 27.7 Å². The monoisotopic (exact) mass is 639 g/mol. The summed E-state index contributed by atoms with van der Waals surface area (Å²) in [4.78, 5) is 1.95. The number of benzene rings is 8. The Labute approximate surface area is 299 Å². The molecule has 234 valence electrons. The molecule has 0 unspecified atom stereocenters. The van der Waals surface area contributed by atoms with Gasteiger partial charge in [0.15, 0.2) is 0 Å². The standard InChI is InChI=1S/C49H33N/c1-3-15-34(16-4-1)35-27-29-37(30-28-35)50(48-26-14-10-19-39(48)36-17-5-2-6-18-36)38-31-32-43-42-22-9-13-25-46(42)49(47(43)33-38)44-23-11-7-20-40(44)41-21-8-12-24-45(41)49/h1-33H/i27D,28D,29D,30D. The van der Waals surface area contributed by atoms with E-state index in [2.05, 4.69) is 109 Å². The number of rotatable bonds is 5. The number of hydrogen-bond acceptors (Lipinski definition) is 1. The molecular formula is C49H33N. The lowest BCUT2D eigenvalue weighted by Gasteiger charge is -2.32. The predicted octanol–water partition coefficient (Wildman–Crippen LogP) is 12.8. The lowest BCUT2D eigenvalue weighted by molar-refractivity contribution is 0.793. The van der Waals surface area contributed by atoms with E-state index in [1.54, 1.807) is 0 Å². The third kappa shape index (κ3) is 4.14. The molecule has 0 amide bonds. The molecule has 0 saturated carbocycles. The molecule has 0 aromatic heterocycles. The highest BCUT2D eigenvalue weighted by atomic mass is 15.1. The molecule has 0 atom stereocenters. The van der Waals surface area contributed by atoms with Crippen molar-refractivity contribution < 1.29 is 5.48 Å². The molecule has 1 heteroatoms. The Hall–Kier alpha value is -6.44. The SMILES string of the molecule is [2H]c1c([2H])c(N(c2ccc3c(c2)C2(c4ccccc4-c4ccccc42)c2ccccc2-3)c2ccccc2-c2ccccc2)c([2H])c([2H])c1-c1ccccc1. The lowest BCUT2D eigenvalue weighted by Crippen LogP contribution is -2.26. The van der Waals surface area contributed by atoms with Crippen molar-refractivity contribution >= 4 is 17.1 Å². The van der Waals surface area contributed by atoms with Crippen molar-refractivity contribution in [3.8, 4) is 44.5 Å². The third-order valence-electron chi connectivity index (χ3n) is 10.4. The molecule has 2 aliphatic carbocycles. The van der Waals surface area contributed by atoms with Gasteiger partial charge in [0.2, 0.25) is 0 Å². The zero-order valence-electron chi connectivity index (χ0n) is 31.2. The quantitative estimate of drug-likeness (QED) is 0.181. The maximum absolute atomic E-state index is 9.61. The Balaban J connectivity index is 1.29. The number of para-hydroxylation sites is 1. The fourth-order valence-electron chi connectivity index (χ4n) is 8.31. The van der Waals surface area contributed by atoms with Crippen molar-refractivity contribution in [2.75, 3.05) is 4.90 Å². The molecule has 0 saturated heterocycles. The van der Waals surface area contributed by atoms with E-state index in [1.165, 1.54) is 33.4 Å². The van der Waals surface area contributed by atoms with Crippen LogP contribution in [0, 0.1) is 0 Å². The van der Waals surface area contributed by atoms with Crippen LogP contribution >= 0.6 is 0 Å². The normalized spacial score (nSPS) is 14.1. The van der Waals surface area contributed by atoms with Gasteiger partial charge < -0.3 is 4.90 Å². The second kappa shape index (κ2) is 11.3. The van der Waals surface area contributed by atoms with Crippen LogP contribution in [0.5, 0.6) is 0 Å². The summed E-state index contributed by atoms with van der Waals surface area (Å²) in [5.74, 6) is 0. The topological polar surface area (TPSA) is 3.24 Å². The third-order valence-corrected chi connectivity index (χ3v) is 10.4. The van der Waals surface area contributed by atoms with Crippen LogP contribution in [0.2, 0.25) is 0 Å². The van der Waals surface area contributed by atoms with Gasteiger partial charge in [0.1, 0.15) is 0 Å². The first-order valence-electron chi connectivity index (χ1n) is 19.0. The predicted molar refractivity (Wildman–Crippen MR) is 208 cm³/mol. The van der Waals surface area contributed by atoms with Crippen molar-refractivity contribution in [2.45, 2.75) is 5.41 Å². The Morgan fingerprint density at radius 2 is 0.800 bits per heavy atom. The van der Waals surface area contributed by atoms with Crippen LogP contribution < -0.4 is 4.90 Å². The highest BCUT2D eigenvalue weighted by Gasteiger charge is 2.51. The Kier molecular flexibility index (Phi) is 5.59. The zero-order valence-corrected chi connectivity index (χ0v) is 27.2. The van der Waals surface area contributed by atoms with Crippen molar-refractivity contribution in [2.24, 2.45) is 0 Å². The molecule has 0 aliphatic heterocycles. The van der Waals surface area contributed by atoms with Crippen LogP contribution in [0.15, 0.2) is 200 Å². The molecule has 0 fully saturated rings. The lowest BCUT2D eigenvalue weighted by atomic mass is 9.70. The second-order valence-corrected chi connectivity index (χ2v) is 12.9. The molecule has 10 rings (SSSR count). The van der Waals surface area contributed by atoms with Gasteiger partial charge >= 0.3 is 0 Å². The maximum atomic E-state index is 9.61. The Morgan fingerprint density at radius 1 is 0.340 bits per heavy atom. The molecule has 0 N–H and O–H groups in total. The molecule has 0 radical (unpaired) electrons. The van der Waals surface area contributed by atoms with Gasteiger partial charge in [-0.2, -0.15) is 0 Å². The van der Waals surface area contributed by atoms with Crippen LogP contribution in [-0.4, -0.2) is 0 Å². The molecule has 0 heterocycles. The minimum absolute atomic E-state index is 0.0805. The van der Waals surface area contributed by atoms with E-state index in [9.17, 15) is 5.48 Å². The molecule has 0 bridgehead atoms.